The second-order valence-electron chi connectivity index (χ2n) is 6.02. The van der Waals surface area contributed by atoms with Crippen molar-refractivity contribution in [2.75, 3.05) is 6.54 Å². The van der Waals surface area contributed by atoms with E-state index in [9.17, 15) is 0 Å². The smallest absolute Gasteiger partial charge is 0.0190 e. The van der Waals surface area contributed by atoms with Gasteiger partial charge in [-0.2, -0.15) is 0 Å². The van der Waals surface area contributed by atoms with Gasteiger partial charge < -0.3 is 0 Å². The summed E-state index contributed by atoms with van der Waals surface area (Å²) in [5.41, 5.74) is 0.735. The van der Waals surface area contributed by atoms with Gasteiger partial charge in [0.1, 0.15) is 0 Å². The van der Waals surface area contributed by atoms with E-state index >= 15 is 0 Å². The molecule has 1 heterocycles. The minimum Gasteiger partial charge on any atom is -0.297 e. The minimum absolute atomic E-state index is 0.735. The fourth-order valence-electron chi connectivity index (χ4n) is 3.92. The molecule has 0 radical (unpaired) electrons. The Bertz CT molecular complexity index is 201. The first-order valence-electron chi connectivity index (χ1n) is 6.32. The van der Waals surface area contributed by atoms with Crippen molar-refractivity contribution in [1.29, 1.82) is 0 Å². The van der Waals surface area contributed by atoms with Crippen molar-refractivity contribution in [2.45, 2.75) is 65.5 Å². The molecule has 0 N–H and O–H groups in total. The molecule has 1 saturated heterocycles. The molecule has 2 rings (SSSR count). The highest BCUT2D eigenvalue weighted by atomic mass is 15.3. The summed E-state index contributed by atoms with van der Waals surface area (Å²) in [6, 6.07) is 1.62. The maximum atomic E-state index is 2.72. The van der Waals surface area contributed by atoms with E-state index in [1.807, 2.05) is 0 Å². The van der Waals surface area contributed by atoms with Crippen molar-refractivity contribution in [2.24, 2.45) is 11.3 Å². The molecule has 0 aromatic heterocycles. The average Bonchev–Trinajstić information content (AvgIpc) is 2.47. The second kappa shape index (κ2) is 3.52. The molecule has 0 amide bonds. The third-order valence-electron chi connectivity index (χ3n) is 4.38. The lowest BCUT2D eigenvalue weighted by Crippen LogP contribution is -2.67. The SMILES string of the molecule is CC(C)C1N(C(C)C)CC12CCCC2. The summed E-state index contributed by atoms with van der Waals surface area (Å²) >= 11 is 0. The zero-order chi connectivity index (χ0) is 10.3. The van der Waals surface area contributed by atoms with Gasteiger partial charge in [-0.05, 0) is 38.0 Å². The van der Waals surface area contributed by atoms with Crippen LogP contribution in [0.1, 0.15) is 53.4 Å². The molecule has 1 aliphatic heterocycles. The first-order chi connectivity index (χ1) is 6.57. The summed E-state index contributed by atoms with van der Waals surface area (Å²) in [7, 11) is 0. The molecule has 1 aliphatic carbocycles. The highest BCUT2D eigenvalue weighted by Crippen LogP contribution is 2.53. The van der Waals surface area contributed by atoms with Gasteiger partial charge in [-0.1, -0.05) is 26.7 Å². The first kappa shape index (κ1) is 10.5. The number of hydrogen-bond donors (Lipinski definition) is 0. The van der Waals surface area contributed by atoms with Crippen LogP contribution in [-0.4, -0.2) is 23.5 Å². The van der Waals surface area contributed by atoms with E-state index in [1.54, 1.807) is 0 Å². The summed E-state index contributed by atoms with van der Waals surface area (Å²) in [4.78, 5) is 2.72. The van der Waals surface area contributed by atoms with Gasteiger partial charge in [0, 0.05) is 18.6 Å². The summed E-state index contributed by atoms with van der Waals surface area (Å²) < 4.78 is 0. The number of rotatable bonds is 2. The van der Waals surface area contributed by atoms with Gasteiger partial charge in [0.25, 0.3) is 0 Å². The van der Waals surface area contributed by atoms with Gasteiger partial charge in [-0.3, -0.25) is 4.90 Å². The molecule has 0 aromatic rings. The quantitative estimate of drug-likeness (QED) is 0.653. The van der Waals surface area contributed by atoms with Gasteiger partial charge in [-0.25, -0.2) is 0 Å². The molecule has 1 heteroatoms. The Hall–Kier alpha value is -0.0400. The largest absolute Gasteiger partial charge is 0.297 e. The predicted molar refractivity (Wildman–Crippen MR) is 61.4 cm³/mol. The Morgan fingerprint density at radius 3 is 2.07 bits per heavy atom. The maximum Gasteiger partial charge on any atom is 0.0190 e. The lowest BCUT2D eigenvalue weighted by molar-refractivity contribution is -0.112. The highest BCUT2D eigenvalue weighted by Gasteiger charge is 2.54. The summed E-state index contributed by atoms with van der Waals surface area (Å²) in [6.07, 6.45) is 5.96. The molecular weight excluding hydrogens is 170 g/mol. The van der Waals surface area contributed by atoms with E-state index in [4.69, 9.17) is 0 Å². The molecule has 2 fully saturated rings. The van der Waals surface area contributed by atoms with Crippen LogP contribution in [0, 0.1) is 11.3 Å². The predicted octanol–water partition coefficient (Wildman–Crippen LogP) is 3.30. The number of hydrogen-bond acceptors (Lipinski definition) is 1. The third-order valence-corrected chi connectivity index (χ3v) is 4.38. The lowest BCUT2D eigenvalue weighted by atomic mass is 9.65. The van der Waals surface area contributed by atoms with E-state index in [2.05, 4.69) is 32.6 Å². The Labute approximate surface area is 88.9 Å². The van der Waals surface area contributed by atoms with Crippen LogP contribution in [0.2, 0.25) is 0 Å². The molecule has 0 bridgehead atoms. The summed E-state index contributed by atoms with van der Waals surface area (Å²) in [5.74, 6) is 0.837. The van der Waals surface area contributed by atoms with Crippen LogP contribution in [0.3, 0.4) is 0 Å². The zero-order valence-corrected chi connectivity index (χ0v) is 10.2. The standard InChI is InChI=1S/C13H25N/c1-10(2)12-13(7-5-6-8-13)9-14(12)11(3)4/h10-12H,5-9H2,1-4H3. The molecular formula is C13H25N. The molecule has 1 spiro atoms. The monoisotopic (exact) mass is 195 g/mol. The van der Waals surface area contributed by atoms with E-state index in [-0.39, 0.29) is 0 Å². The minimum atomic E-state index is 0.735. The van der Waals surface area contributed by atoms with Crippen LogP contribution >= 0.6 is 0 Å². The van der Waals surface area contributed by atoms with Gasteiger partial charge in [0.05, 0.1) is 0 Å². The van der Waals surface area contributed by atoms with E-state index in [0.29, 0.717) is 0 Å². The van der Waals surface area contributed by atoms with Crippen LogP contribution in [-0.2, 0) is 0 Å². The van der Waals surface area contributed by atoms with Gasteiger partial charge in [0.2, 0.25) is 0 Å². The van der Waals surface area contributed by atoms with Crippen molar-refractivity contribution >= 4 is 0 Å². The molecule has 82 valence electrons. The molecule has 1 nitrogen and oxygen atoms in total. The van der Waals surface area contributed by atoms with Crippen molar-refractivity contribution < 1.29 is 0 Å². The summed E-state index contributed by atoms with van der Waals surface area (Å²) in [5, 5.41) is 0. The fraction of sp³-hybridized carbons (Fsp3) is 1.00. The Morgan fingerprint density at radius 1 is 1.07 bits per heavy atom. The van der Waals surface area contributed by atoms with Crippen LogP contribution in [0.15, 0.2) is 0 Å². The number of nitrogens with zero attached hydrogens (tertiary/aromatic N) is 1. The average molecular weight is 195 g/mol. The van der Waals surface area contributed by atoms with Crippen molar-refractivity contribution in [3.63, 3.8) is 0 Å². The molecule has 0 aromatic carbocycles. The second-order valence-corrected chi connectivity index (χ2v) is 6.02. The molecule has 1 unspecified atom stereocenters. The van der Waals surface area contributed by atoms with Gasteiger partial charge >= 0.3 is 0 Å². The van der Waals surface area contributed by atoms with Crippen molar-refractivity contribution in [3.05, 3.63) is 0 Å². The van der Waals surface area contributed by atoms with Crippen molar-refractivity contribution in [1.82, 2.24) is 4.90 Å². The van der Waals surface area contributed by atoms with E-state index in [1.165, 1.54) is 32.2 Å². The Morgan fingerprint density at radius 2 is 1.64 bits per heavy atom. The van der Waals surface area contributed by atoms with Crippen LogP contribution in [0.25, 0.3) is 0 Å². The van der Waals surface area contributed by atoms with Gasteiger partial charge in [-0.15, -0.1) is 0 Å². The lowest BCUT2D eigenvalue weighted by Gasteiger charge is -2.60. The summed E-state index contributed by atoms with van der Waals surface area (Å²) in [6.45, 7) is 10.9. The highest BCUT2D eigenvalue weighted by molar-refractivity contribution is 5.08. The van der Waals surface area contributed by atoms with Gasteiger partial charge in [0.15, 0.2) is 0 Å². The molecule has 1 saturated carbocycles. The van der Waals surface area contributed by atoms with Crippen LogP contribution in [0.4, 0.5) is 0 Å². The Kier molecular flexibility index (Phi) is 2.63. The molecule has 2 aliphatic rings. The topological polar surface area (TPSA) is 3.24 Å². The maximum absolute atomic E-state index is 2.72. The van der Waals surface area contributed by atoms with E-state index < -0.39 is 0 Å². The van der Waals surface area contributed by atoms with Crippen molar-refractivity contribution in [3.8, 4) is 0 Å². The van der Waals surface area contributed by atoms with E-state index in [0.717, 1.165) is 23.4 Å². The fourth-order valence-corrected chi connectivity index (χ4v) is 3.92. The molecule has 1 atom stereocenters. The number of likely N-dealkylation sites (tertiary alicyclic amines) is 1. The van der Waals surface area contributed by atoms with Crippen LogP contribution < -0.4 is 0 Å². The third kappa shape index (κ3) is 1.41. The van der Waals surface area contributed by atoms with Crippen LogP contribution in [0.5, 0.6) is 0 Å². The Balaban J connectivity index is 2.09. The normalized spacial score (nSPS) is 31.7. The first-order valence-corrected chi connectivity index (χ1v) is 6.32. The molecule has 14 heavy (non-hydrogen) atoms. The zero-order valence-electron chi connectivity index (χ0n) is 10.2.